The lowest BCUT2D eigenvalue weighted by atomic mass is 9.94. The molecule has 0 fully saturated rings. The second-order valence-corrected chi connectivity index (χ2v) is 5.86. The minimum atomic E-state index is -0.0501. The van der Waals surface area contributed by atoms with Gasteiger partial charge in [-0.1, -0.05) is 18.2 Å². The number of ketones is 1. The third kappa shape index (κ3) is 1.82. The Kier molecular flexibility index (Phi) is 2.60. The molecule has 0 saturated carbocycles. The van der Waals surface area contributed by atoms with Gasteiger partial charge < -0.3 is 5.32 Å². The predicted molar refractivity (Wildman–Crippen MR) is 79.5 cm³/mol. The number of hydrogen-bond acceptors (Lipinski definition) is 4. The molecular formula is C15H13N3OS. The molecule has 100 valence electrons. The van der Waals surface area contributed by atoms with Crippen molar-refractivity contribution in [1.29, 1.82) is 0 Å². The quantitative estimate of drug-likeness (QED) is 0.804. The number of rotatable bonds is 3. The van der Waals surface area contributed by atoms with E-state index in [0.29, 0.717) is 13.0 Å². The third-order valence-electron chi connectivity index (χ3n) is 3.72. The van der Waals surface area contributed by atoms with Gasteiger partial charge in [0.25, 0.3) is 0 Å². The van der Waals surface area contributed by atoms with Crippen LogP contribution in [0.4, 0.5) is 5.69 Å². The summed E-state index contributed by atoms with van der Waals surface area (Å²) in [5.74, 6) is 0.180. The predicted octanol–water partition coefficient (Wildman–Crippen LogP) is 2.72. The average molecular weight is 283 g/mol. The largest absolute Gasteiger partial charge is 0.384 e. The molecule has 20 heavy (non-hydrogen) atoms. The Morgan fingerprint density at radius 1 is 1.45 bits per heavy atom. The number of hydrogen-bond donors (Lipinski definition) is 1. The monoisotopic (exact) mass is 283 g/mol. The van der Waals surface area contributed by atoms with Crippen LogP contribution in [0.1, 0.15) is 17.2 Å². The number of thiazole rings is 1. The highest BCUT2D eigenvalue weighted by atomic mass is 32.1. The zero-order chi connectivity index (χ0) is 13.5. The molecule has 4 nitrogen and oxygen atoms in total. The van der Waals surface area contributed by atoms with E-state index in [2.05, 4.69) is 10.3 Å². The van der Waals surface area contributed by atoms with E-state index < -0.39 is 0 Å². The Morgan fingerprint density at radius 2 is 2.35 bits per heavy atom. The first-order chi connectivity index (χ1) is 9.81. The Morgan fingerprint density at radius 3 is 3.25 bits per heavy atom. The summed E-state index contributed by atoms with van der Waals surface area (Å²) >= 11 is 1.58. The van der Waals surface area contributed by atoms with Crippen LogP contribution >= 0.6 is 11.3 Å². The molecule has 1 aliphatic rings. The topological polar surface area (TPSA) is 46.4 Å². The second kappa shape index (κ2) is 4.45. The molecule has 0 radical (unpaired) electrons. The number of aromatic nitrogens is 2. The molecule has 1 N–H and O–H groups in total. The number of fused-ring (bicyclic) bond motifs is 2. The number of benzene rings is 1. The highest BCUT2D eigenvalue weighted by Crippen LogP contribution is 2.32. The van der Waals surface area contributed by atoms with Gasteiger partial charge in [-0.05, 0) is 11.6 Å². The van der Waals surface area contributed by atoms with Gasteiger partial charge in [0.2, 0.25) is 0 Å². The van der Waals surface area contributed by atoms with Crippen LogP contribution in [0.15, 0.2) is 42.0 Å². The summed E-state index contributed by atoms with van der Waals surface area (Å²) < 4.78 is 1.97. The van der Waals surface area contributed by atoms with Gasteiger partial charge in [0.15, 0.2) is 4.96 Å². The molecule has 2 aromatic heterocycles. The van der Waals surface area contributed by atoms with Gasteiger partial charge in [0, 0.05) is 30.0 Å². The van der Waals surface area contributed by atoms with E-state index in [1.54, 1.807) is 11.3 Å². The van der Waals surface area contributed by atoms with E-state index in [0.717, 1.165) is 21.9 Å². The molecule has 1 atom stereocenters. The highest BCUT2D eigenvalue weighted by molar-refractivity contribution is 7.15. The number of nitrogens with zero attached hydrogens (tertiary/aromatic N) is 2. The fourth-order valence-corrected chi connectivity index (χ4v) is 3.45. The van der Waals surface area contributed by atoms with Crippen LogP contribution in [0.5, 0.6) is 0 Å². The number of nitrogens with one attached hydrogen (secondary N) is 1. The van der Waals surface area contributed by atoms with E-state index >= 15 is 0 Å². The molecule has 3 aromatic rings. The summed E-state index contributed by atoms with van der Waals surface area (Å²) in [6, 6.07) is 8.03. The SMILES string of the molecule is O=C(Cc1cn2ccsc2n1)C1CNc2ccccc21. The summed E-state index contributed by atoms with van der Waals surface area (Å²) in [5, 5.41) is 5.29. The Labute approximate surface area is 120 Å². The molecule has 3 heterocycles. The normalized spacial score (nSPS) is 17.1. The molecule has 1 unspecified atom stereocenters. The smallest absolute Gasteiger partial charge is 0.193 e. The summed E-state index contributed by atoms with van der Waals surface area (Å²) in [4.78, 5) is 17.9. The van der Waals surface area contributed by atoms with Crippen molar-refractivity contribution in [2.24, 2.45) is 0 Å². The first-order valence-electron chi connectivity index (χ1n) is 6.58. The molecule has 0 aliphatic carbocycles. The maximum absolute atomic E-state index is 12.5. The van der Waals surface area contributed by atoms with Crippen molar-refractivity contribution < 1.29 is 4.79 Å². The van der Waals surface area contributed by atoms with Gasteiger partial charge in [-0.25, -0.2) is 4.98 Å². The maximum Gasteiger partial charge on any atom is 0.193 e. The van der Waals surface area contributed by atoms with E-state index in [-0.39, 0.29) is 11.7 Å². The van der Waals surface area contributed by atoms with Crippen LogP contribution in [0.3, 0.4) is 0 Å². The molecule has 0 bridgehead atoms. The summed E-state index contributed by atoms with van der Waals surface area (Å²) in [5.41, 5.74) is 3.04. The molecular weight excluding hydrogens is 270 g/mol. The van der Waals surface area contributed by atoms with Gasteiger partial charge in [0.05, 0.1) is 18.0 Å². The fraction of sp³-hybridized carbons (Fsp3) is 0.200. The molecule has 0 spiro atoms. The molecule has 4 rings (SSSR count). The number of carbonyl (C=O) groups is 1. The zero-order valence-electron chi connectivity index (χ0n) is 10.7. The van der Waals surface area contributed by atoms with Crippen LogP contribution in [-0.2, 0) is 11.2 Å². The van der Waals surface area contributed by atoms with Crippen LogP contribution in [0, 0.1) is 0 Å². The van der Waals surface area contributed by atoms with Crippen LogP contribution in [0.2, 0.25) is 0 Å². The van der Waals surface area contributed by atoms with Gasteiger partial charge in [-0.2, -0.15) is 0 Å². The lowest BCUT2D eigenvalue weighted by Gasteiger charge is -2.07. The summed E-state index contributed by atoms with van der Waals surface area (Å²) in [6.45, 7) is 0.695. The number of imidazole rings is 1. The molecule has 0 amide bonds. The first kappa shape index (κ1) is 11.7. The van der Waals surface area contributed by atoms with Crippen molar-refractivity contribution in [3.8, 4) is 0 Å². The van der Waals surface area contributed by atoms with Crippen molar-refractivity contribution in [3.05, 3.63) is 53.3 Å². The molecule has 1 aliphatic heterocycles. The van der Waals surface area contributed by atoms with Crippen LogP contribution in [0.25, 0.3) is 4.96 Å². The van der Waals surface area contributed by atoms with E-state index in [1.165, 1.54) is 0 Å². The summed E-state index contributed by atoms with van der Waals surface area (Å²) in [6.07, 6.45) is 4.31. The lowest BCUT2D eigenvalue weighted by Crippen LogP contribution is -2.17. The van der Waals surface area contributed by atoms with E-state index in [4.69, 9.17) is 0 Å². The fourth-order valence-electron chi connectivity index (χ4n) is 2.73. The lowest BCUT2D eigenvalue weighted by molar-refractivity contribution is -0.119. The van der Waals surface area contributed by atoms with Crippen molar-refractivity contribution >= 4 is 27.8 Å². The van der Waals surface area contributed by atoms with Crippen molar-refractivity contribution in [2.75, 3.05) is 11.9 Å². The Hall–Kier alpha value is -2.14. The minimum absolute atomic E-state index is 0.0501. The third-order valence-corrected chi connectivity index (χ3v) is 4.49. The molecule has 1 aromatic carbocycles. The standard InChI is InChI=1S/C15H13N3OS/c19-14(7-10-9-18-5-6-20-15(18)17-10)12-8-16-13-4-2-1-3-11(12)13/h1-6,9,12,16H,7-8H2. The number of anilines is 1. The van der Waals surface area contributed by atoms with Crippen molar-refractivity contribution in [1.82, 2.24) is 9.38 Å². The molecule has 0 saturated heterocycles. The average Bonchev–Trinajstić information content (AvgIpc) is 3.10. The zero-order valence-corrected chi connectivity index (χ0v) is 11.6. The van der Waals surface area contributed by atoms with Gasteiger partial charge in [-0.3, -0.25) is 9.20 Å². The number of carbonyl (C=O) groups excluding carboxylic acids is 1. The van der Waals surface area contributed by atoms with Gasteiger partial charge in [-0.15, -0.1) is 11.3 Å². The summed E-state index contributed by atoms with van der Waals surface area (Å²) in [7, 11) is 0. The molecule has 5 heteroatoms. The highest BCUT2D eigenvalue weighted by Gasteiger charge is 2.28. The van der Waals surface area contributed by atoms with Crippen LogP contribution in [-0.4, -0.2) is 21.7 Å². The number of para-hydroxylation sites is 1. The van der Waals surface area contributed by atoms with E-state index in [9.17, 15) is 4.79 Å². The van der Waals surface area contributed by atoms with Crippen LogP contribution < -0.4 is 5.32 Å². The Bertz CT molecular complexity index is 761. The van der Waals surface area contributed by atoms with Gasteiger partial charge in [0.1, 0.15) is 5.78 Å². The van der Waals surface area contributed by atoms with Crippen molar-refractivity contribution in [2.45, 2.75) is 12.3 Å². The van der Waals surface area contributed by atoms with Gasteiger partial charge >= 0.3 is 0 Å². The minimum Gasteiger partial charge on any atom is -0.384 e. The van der Waals surface area contributed by atoms with E-state index in [1.807, 2.05) is 46.4 Å². The Balaban J connectivity index is 1.58. The number of Topliss-reactive ketones (excluding diaryl/α,β-unsaturated/α-hetero) is 1. The second-order valence-electron chi connectivity index (χ2n) is 4.99. The van der Waals surface area contributed by atoms with Crippen molar-refractivity contribution in [3.63, 3.8) is 0 Å². The first-order valence-corrected chi connectivity index (χ1v) is 7.46. The maximum atomic E-state index is 12.5.